The van der Waals surface area contributed by atoms with E-state index in [1.165, 1.54) is 17.3 Å². The summed E-state index contributed by atoms with van der Waals surface area (Å²) in [6.07, 6.45) is 0. The van der Waals surface area contributed by atoms with Crippen LogP contribution in [0.1, 0.15) is 23.6 Å². The summed E-state index contributed by atoms with van der Waals surface area (Å²) in [6, 6.07) is 21.5. The first-order valence-corrected chi connectivity index (χ1v) is 12.7. The molecule has 6 nitrogen and oxygen atoms in total. The Kier molecular flexibility index (Phi) is 7.56. The van der Waals surface area contributed by atoms with Crippen LogP contribution in [0.15, 0.2) is 71.9 Å². The minimum atomic E-state index is -0.129. The van der Waals surface area contributed by atoms with E-state index in [4.69, 9.17) is 4.98 Å². The van der Waals surface area contributed by atoms with Crippen molar-refractivity contribution in [1.82, 2.24) is 9.55 Å². The Morgan fingerprint density at radius 3 is 2.31 bits per heavy atom. The van der Waals surface area contributed by atoms with Crippen molar-refractivity contribution >= 4 is 46.0 Å². The molecule has 0 saturated carbocycles. The molecule has 0 unspecified atom stereocenters. The predicted molar refractivity (Wildman–Crippen MR) is 144 cm³/mol. The Hall–Kier alpha value is -3.58. The van der Waals surface area contributed by atoms with Gasteiger partial charge in [-0.1, -0.05) is 59.8 Å². The summed E-state index contributed by atoms with van der Waals surface area (Å²) < 4.78 is 1.89. The van der Waals surface area contributed by atoms with E-state index in [9.17, 15) is 9.59 Å². The van der Waals surface area contributed by atoms with Gasteiger partial charge in [-0.3, -0.25) is 9.59 Å². The molecule has 1 N–H and O–H groups in total. The van der Waals surface area contributed by atoms with Crippen LogP contribution < -0.4 is 10.2 Å². The number of hydrogen-bond acceptors (Lipinski definition) is 4. The molecule has 7 heteroatoms. The Balaban J connectivity index is 1.54. The molecule has 0 aliphatic carbocycles. The maximum absolute atomic E-state index is 13.1. The Morgan fingerprint density at radius 1 is 0.971 bits per heavy atom. The maximum atomic E-state index is 13.1. The van der Waals surface area contributed by atoms with E-state index >= 15 is 0 Å². The standard InChI is InChI=1S/C28H30N4O2S/c1-5-31(22-11-7-6-8-12-22)26(34)18-35-28-29-23-13-9-10-14-24(23)32(28)17-25(33)30-27-20(3)15-19(2)16-21(27)4/h6-16H,5,17-18H2,1-4H3,(H,30,33). The minimum absolute atomic E-state index is 0.00216. The highest BCUT2D eigenvalue weighted by Crippen LogP contribution is 2.26. The number of nitrogens with one attached hydrogen (secondary N) is 1. The highest BCUT2D eigenvalue weighted by Gasteiger charge is 2.19. The molecule has 4 aromatic rings. The van der Waals surface area contributed by atoms with Gasteiger partial charge >= 0.3 is 0 Å². The van der Waals surface area contributed by atoms with Gasteiger partial charge in [0.05, 0.1) is 16.8 Å². The number of aryl methyl sites for hydroxylation is 3. The number of benzene rings is 3. The zero-order chi connectivity index (χ0) is 24.9. The lowest BCUT2D eigenvalue weighted by molar-refractivity contribution is -0.117. The normalized spacial score (nSPS) is 11.0. The first-order chi connectivity index (χ1) is 16.9. The summed E-state index contributed by atoms with van der Waals surface area (Å²) in [7, 11) is 0. The van der Waals surface area contributed by atoms with Crippen molar-refractivity contribution in [2.24, 2.45) is 0 Å². The van der Waals surface area contributed by atoms with Gasteiger partial charge < -0.3 is 14.8 Å². The lowest BCUT2D eigenvalue weighted by Gasteiger charge is -2.20. The van der Waals surface area contributed by atoms with Gasteiger partial charge in [-0.2, -0.15) is 0 Å². The number of anilines is 2. The summed E-state index contributed by atoms with van der Waals surface area (Å²) in [5.41, 5.74) is 6.62. The summed E-state index contributed by atoms with van der Waals surface area (Å²) in [5.74, 6) is 0.0950. The smallest absolute Gasteiger partial charge is 0.244 e. The first-order valence-electron chi connectivity index (χ1n) is 11.7. The number of rotatable bonds is 8. The molecule has 1 aromatic heterocycles. The third-order valence-electron chi connectivity index (χ3n) is 5.87. The van der Waals surface area contributed by atoms with E-state index in [2.05, 4.69) is 17.4 Å². The van der Waals surface area contributed by atoms with Gasteiger partial charge in [-0.05, 0) is 63.1 Å². The van der Waals surface area contributed by atoms with Crippen LogP contribution in [0.2, 0.25) is 0 Å². The van der Waals surface area contributed by atoms with Crippen LogP contribution in [0.3, 0.4) is 0 Å². The second kappa shape index (κ2) is 10.8. The van der Waals surface area contributed by atoms with Crippen molar-refractivity contribution in [2.75, 3.05) is 22.5 Å². The molecule has 0 radical (unpaired) electrons. The van der Waals surface area contributed by atoms with Crippen molar-refractivity contribution in [3.63, 3.8) is 0 Å². The number of amides is 2. The van der Waals surface area contributed by atoms with Crippen LogP contribution in [0.25, 0.3) is 11.0 Å². The number of para-hydroxylation sites is 3. The Labute approximate surface area is 210 Å². The molecule has 0 atom stereocenters. The lowest BCUT2D eigenvalue weighted by atomic mass is 10.1. The van der Waals surface area contributed by atoms with Gasteiger partial charge in [-0.25, -0.2) is 4.98 Å². The molecule has 0 saturated heterocycles. The summed E-state index contributed by atoms with van der Waals surface area (Å²) >= 11 is 1.36. The largest absolute Gasteiger partial charge is 0.324 e. The van der Waals surface area contributed by atoms with E-state index in [0.29, 0.717) is 11.7 Å². The lowest BCUT2D eigenvalue weighted by Crippen LogP contribution is -2.32. The van der Waals surface area contributed by atoms with Crippen LogP contribution in [0, 0.1) is 20.8 Å². The molecule has 180 valence electrons. The molecule has 0 spiro atoms. The van der Waals surface area contributed by atoms with Crippen molar-refractivity contribution < 1.29 is 9.59 Å². The first kappa shape index (κ1) is 24.5. The van der Waals surface area contributed by atoms with Crippen molar-refractivity contribution in [3.05, 3.63) is 83.4 Å². The zero-order valence-electron chi connectivity index (χ0n) is 20.5. The fraction of sp³-hybridized carbons (Fsp3) is 0.250. The molecule has 35 heavy (non-hydrogen) atoms. The van der Waals surface area contributed by atoms with Crippen molar-refractivity contribution in [1.29, 1.82) is 0 Å². The molecule has 0 bridgehead atoms. The summed E-state index contributed by atoms with van der Waals surface area (Å²) in [4.78, 5) is 32.6. The molecule has 3 aromatic carbocycles. The number of thioether (sulfide) groups is 1. The topological polar surface area (TPSA) is 67.2 Å². The van der Waals surface area contributed by atoms with Crippen LogP contribution >= 0.6 is 11.8 Å². The fourth-order valence-corrected chi connectivity index (χ4v) is 5.22. The fourth-order valence-electron chi connectivity index (χ4n) is 4.33. The Bertz CT molecular complexity index is 1340. The average molecular weight is 487 g/mol. The molecule has 0 aliphatic heterocycles. The number of hydrogen-bond donors (Lipinski definition) is 1. The number of carbonyl (C=O) groups is 2. The van der Waals surface area contributed by atoms with Gasteiger partial charge in [-0.15, -0.1) is 0 Å². The van der Waals surface area contributed by atoms with E-state index in [1.54, 1.807) is 4.90 Å². The van der Waals surface area contributed by atoms with E-state index in [1.807, 2.05) is 86.9 Å². The van der Waals surface area contributed by atoms with E-state index < -0.39 is 0 Å². The maximum Gasteiger partial charge on any atom is 0.244 e. The highest BCUT2D eigenvalue weighted by molar-refractivity contribution is 7.99. The van der Waals surface area contributed by atoms with Gasteiger partial charge in [0.25, 0.3) is 0 Å². The number of nitrogens with zero attached hydrogens (tertiary/aromatic N) is 3. The molecule has 1 heterocycles. The SMILES string of the molecule is CCN(C(=O)CSc1nc2ccccc2n1CC(=O)Nc1c(C)cc(C)cc1C)c1ccccc1. The van der Waals surface area contributed by atoms with Gasteiger partial charge in [0.2, 0.25) is 11.8 Å². The summed E-state index contributed by atoms with van der Waals surface area (Å²) in [5, 5.41) is 3.73. The average Bonchev–Trinajstić information content (AvgIpc) is 3.18. The van der Waals surface area contributed by atoms with E-state index in [-0.39, 0.29) is 24.1 Å². The van der Waals surface area contributed by atoms with Crippen LogP contribution in [0.5, 0.6) is 0 Å². The van der Waals surface area contributed by atoms with Gasteiger partial charge in [0, 0.05) is 17.9 Å². The van der Waals surface area contributed by atoms with Crippen LogP contribution in [-0.4, -0.2) is 33.7 Å². The third kappa shape index (κ3) is 5.57. The molecule has 4 rings (SSSR count). The molecule has 2 amide bonds. The zero-order valence-corrected chi connectivity index (χ0v) is 21.4. The third-order valence-corrected chi connectivity index (χ3v) is 6.83. The van der Waals surface area contributed by atoms with Crippen LogP contribution in [-0.2, 0) is 16.1 Å². The quantitative estimate of drug-likeness (QED) is 0.322. The monoisotopic (exact) mass is 486 g/mol. The van der Waals surface area contributed by atoms with E-state index in [0.717, 1.165) is 33.5 Å². The molecule has 0 fully saturated rings. The minimum Gasteiger partial charge on any atom is -0.324 e. The molecule has 0 aliphatic rings. The number of aromatic nitrogens is 2. The molecular weight excluding hydrogens is 456 g/mol. The number of imidazole rings is 1. The Morgan fingerprint density at radius 2 is 1.63 bits per heavy atom. The van der Waals surface area contributed by atoms with Crippen molar-refractivity contribution in [2.45, 2.75) is 39.4 Å². The second-order valence-electron chi connectivity index (χ2n) is 8.55. The predicted octanol–water partition coefficient (Wildman–Crippen LogP) is 5.75. The number of fused-ring (bicyclic) bond motifs is 1. The van der Waals surface area contributed by atoms with Crippen molar-refractivity contribution in [3.8, 4) is 0 Å². The van der Waals surface area contributed by atoms with Gasteiger partial charge in [0.15, 0.2) is 5.16 Å². The summed E-state index contributed by atoms with van der Waals surface area (Å²) in [6.45, 7) is 8.70. The second-order valence-corrected chi connectivity index (χ2v) is 9.50. The highest BCUT2D eigenvalue weighted by atomic mass is 32.2. The van der Waals surface area contributed by atoms with Crippen LogP contribution in [0.4, 0.5) is 11.4 Å². The number of carbonyl (C=O) groups excluding carboxylic acids is 2. The molecular formula is C28H30N4O2S. The van der Waals surface area contributed by atoms with Gasteiger partial charge in [0.1, 0.15) is 6.54 Å².